The summed E-state index contributed by atoms with van der Waals surface area (Å²) in [6.07, 6.45) is 9.79. The van der Waals surface area contributed by atoms with Gasteiger partial charge in [0.2, 0.25) is 0 Å². The molecule has 8 rings (SSSR count). The van der Waals surface area contributed by atoms with Crippen LogP contribution in [-0.2, 0) is 5.41 Å². The van der Waals surface area contributed by atoms with Gasteiger partial charge >= 0.3 is 0 Å². The second kappa shape index (κ2) is 15.8. The molecule has 2 aliphatic rings. The van der Waals surface area contributed by atoms with Crippen LogP contribution in [-0.4, -0.2) is 12.0 Å². The van der Waals surface area contributed by atoms with Gasteiger partial charge in [0.15, 0.2) is 0 Å². The lowest BCUT2D eigenvalue weighted by molar-refractivity contribution is 0.654. The van der Waals surface area contributed by atoms with Crippen molar-refractivity contribution in [3.8, 4) is 22.3 Å². The zero-order valence-electron chi connectivity index (χ0n) is 35.0. The van der Waals surface area contributed by atoms with Gasteiger partial charge in [-0.15, -0.1) is 0 Å². The summed E-state index contributed by atoms with van der Waals surface area (Å²) in [5.41, 5.74) is 16.0. The Morgan fingerprint density at radius 1 is 0.603 bits per heavy atom. The molecule has 1 aliphatic heterocycles. The van der Waals surface area contributed by atoms with Crippen molar-refractivity contribution in [1.82, 2.24) is 0 Å². The largest absolute Gasteiger partial charge is 0.315 e. The van der Waals surface area contributed by atoms with Gasteiger partial charge in [-0.25, -0.2) is 0 Å². The van der Waals surface area contributed by atoms with Gasteiger partial charge in [0.05, 0.1) is 5.41 Å². The van der Waals surface area contributed by atoms with Crippen LogP contribution in [0.15, 0.2) is 199 Å². The van der Waals surface area contributed by atoms with Crippen molar-refractivity contribution in [1.29, 1.82) is 0 Å². The fourth-order valence-electron chi connectivity index (χ4n) is 9.28. The third-order valence-electron chi connectivity index (χ3n) is 12.3. The molecule has 6 aromatic rings. The fraction of sp³-hybridized carbons (Fsp3) is 0.182. The molecule has 0 N–H and O–H groups in total. The molecule has 288 valence electrons. The maximum Gasteiger partial charge on any atom is 0.135 e. The molecule has 6 aromatic carbocycles. The number of nitrogens with zero attached hydrogens (tertiary/aromatic N) is 2. The first-order valence-corrected chi connectivity index (χ1v) is 22.3. The average Bonchev–Trinajstić information content (AvgIpc) is 3.58. The van der Waals surface area contributed by atoms with Gasteiger partial charge in [0, 0.05) is 51.5 Å². The SMILES string of the molecule is C=C/C=C\C1=[P+](C)C(CC)=C(/C=C(\C)N(c2ccccc2)c2ccc(-c3ccc(N(c4ccccc4)c4ccc5c(c4)C(C)(C)c4ccccc4-5)cc3)cc2)C1(C)C. The van der Waals surface area contributed by atoms with E-state index in [1.807, 2.05) is 6.08 Å². The number of hydrogen-bond donors (Lipinski definition) is 0. The Kier molecular flexibility index (Phi) is 10.6. The van der Waals surface area contributed by atoms with Crippen LogP contribution in [0.4, 0.5) is 28.4 Å². The van der Waals surface area contributed by atoms with Crippen molar-refractivity contribution < 1.29 is 0 Å². The topological polar surface area (TPSA) is 6.48 Å². The first-order chi connectivity index (χ1) is 28.0. The van der Waals surface area contributed by atoms with E-state index in [1.54, 1.807) is 5.31 Å². The molecule has 0 saturated heterocycles. The standard InChI is InChI=1S/C55H54N2P/c1-9-11-26-53-55(6,7)51(52(10-2)58(53)8)37-39(3)56(42-20-14-12-15-21-42)44-31-27-40(28-32-44)41-29-33-45(34-30-41)57(43-22-16-13-17-23-43)46-35-36-48-47-24-18-19-25-49(47)54(4,5)50(48)38-46/h9,11-38H,1,10H2,2-8H3/q+1/b26-11-,39-37+. The molecule has 3 heteroatoms. The zero-order chi connectivity index (χ0) is 40.6. The van der Waals surface area contributed by atoms with Crippen molar-refractivity contribution >= 4 is 41.3 Å². The molecule has 1 unspecified atom stereocenters. The van der Waals surface area contributed by atoms with E-state index in [2.05, 4.69) is 234 Å². The molecular formula is C55H54N2P+. The van der Waals surface area contributed by atoms with Crippen molar-refractivity contribution in [2.24, 2.45) is 5.41 Å². The molecule has 58 heavy (non-hydrogen) atoms. The second-order valence-corrected chi connectivity index (χ2v) is 18.6. The van der Waals surface area contributed by atoms with Crippen LogP contribution in [0.5, 0.6) is 0 Å². The Morgan fingerprint density at radius 3 is 1.74 bits per heavy atom. The van der Waals surface area contributed by atoms with Gasteiger partial charge in [-0.1, -0.05) is 130 Å². The molecule has 0 aromatic heterocycles. The molecule has 2 nitrogen and oxygen atoms in total. The van der Waals surface area contributed by atoms with Crippen LogP contribution in [0.3, 0.4) is 0 Å². The van der Waals surface area contributed by atoms with E-state index in [-0.39, 0.29) is 18.4 Å². The summed E-state index contributed by atoms with van der Waals surface area (Å²) in [5, 5.41) is 3.08. The van der Waals surface area contributed by atoms with E-state index in [4.69, 9.17) is 0 Å². The van der Waals surface area contributed by atoms with Crippen LogP contribution in [0.1, 0.15) is 59.1 Å². The van der Waals surface area contributed by atoms with Gasteiger partial charge < -0.3 is 9.80 Å². The van der Waals surface area contributed by atoms with Gasteiger partial charge in [0.1, 0.15) is 24.8 Å². The Hall–Kier alpha value is -5.95. The Labute approximate surface area is 347 Å². The fourth-order valence-corrected chi connectivity index (χ4v) is 12.0. The maximum absolute atomic E-state index is 3.94. The highest BCUT2D eigenvalue weighted by Gasteiger charge is 2.44. The molecule has 0 amide bonds. The monoisotopic (exact) mass is 773 g/mol. The van der Waals surface area contributed by atoms with Crippen molar-refractivity contribution in [2.75, 3.05) is 16.5 Å². The van der Waals surface area contributed by atoms with Crippen LogP contribution < -0.4 is 9.80 Å². The normalized spacial score (nSPS) is 16.1. The summed E-state index contributed by atoms with van der Waals surface area (Å²) < 4.78 is 0. The number of rotatable bonds is 11. The summed E-state index contributed by atoms with van der Waals surface area (Å²) in [7, 11) is -0.371. The van der Waals surface area contributed by atoms with Gasteiger partial charge in [-0.3, -0.25) is 0 Å². The highest BCUT2D eigenvalue weighted by molar-refractivity contribution is 7.63. The molecular weight excluding hydrogens is 720 g/mol. The lowest BCUT2D eigenvalue weighted by Crippen LogP contribution is -2.22. The molecule has 0 bridgehead atoms. The molecule has 0 fully saturated rings. The van der Waals surface area contributed by atoms with Crippen LogP contribution in [0.2, 0.25) is 0 Å². The highest BCUT2D eigenvalue weighted by Crippen LogP contribution is 2.54. The first kappa shape index (κ1) is 38.9. The van der Waals surface area contributed by atoms with Gasteiger partial charge in [-0.05, 0) is 127 Å². The summed E-state index contributed by atoms with van der Waals surface area (Å²) in [4.78, 5) is 4.77. The molecule has 0 saturated carbocycles. The quantitative estimate of drug-likeness (QED) is 0.0956. The number of benzene rings is 6. The number of hydrogen-bond acceptors (Lipinski definition) is 2. The van der Waals surface area contributed by atoms with Crippen LogP contribution in [0.25, 0.3) is 22.3 Å². The van der Waals surface area contributed by atoms with Crippen molar-refractivity contribution in [2.45, 2.75) is 53.4 Å². The van der Waals surface area contributed by atoms with E-state index in [9.17, 15) is 0 Å². The van der Waals surface area contributed by atoms with E-state index in [0.29, 0.717) is 0 Å². The second-order valence-electron chi connectivity index (χ2n) is 16.5. The Balaban J connectivity index is 1.11. The average molecular weight is 774 g/mol. The highest BCUT2D eigenvalue weighted by atomic mass is 31.1. The van der Waals surface area contributed by atoms with Gasteiger partial charge in [-0.2, -0.15) is 0 Å². The number of anilines is 5. The molecule has 1 aliphatic carbocycles. The number of para-hydroxylation sites is 2. The smallest absolute Gasteiger partial charge is 0.135 e. The maximum atomic E-state index is 3.94. The summed E-state index contributed by atoms with van der Waals surface area (Å²) in [6.45, 7) is 20.4. The van der Waals surface area contributed by atoms with Crippen molar-refractivity contribution in [3.63, 3.8) is 0 Å². The molecule has 0 radical (unpaired) electrons. The Bertz CT molecular complexity index is 2600. The number of allylic oxidation sites excluding steroid dienone is 7. The van der Waals surface area contributed by atoms with E-state index in [1.165, 1.54) is 49.9 Å². The minimum Gasteiger partial charge on any atom is -0.315 e. The number of fused-ring (bicyclic) bond motifs is 3. The van der Waals surface area contributed by atoms with E-state index in [0.717, 1.165) is 34.9 Å². The molecule has 0 spiro atoms. The van der Waals surface area contributed by atoms with E-state index >= 15 is 0 Å². The third kappa shape index (κ3) is 6.91. The van der Waals surface area contributed by atoms with Crippen LogP contribution >= 0.6 is 7.55 Å². The minimum absolute atomic E-state index is 0.0516. The molecule has 1 atom stereocenters. The van der Waals surface area contributed by atoms with Gasteiger partial charge in [0.25, 0.3) is 0 Å². The summed E-state index contributed by atoms with van der Waals surface area (Å²) in [6, 6.07) is 55.4. The van der Waals surface area contributed by atoms with Crippen molar-refractivity contribution in [3.05, 3.63) is 210 Å². The predicted molar refractivity (Wildman–Crippen MR) is 255 cm³/mol. The zero-order valence-corrected chi connectivity index (χ0v) is 35.9. The minimum atomic E-state index is -0.371. The summed E-state index contributed by atoms with van der Waals surface area (Å²) >= 11 is 0. The summed E-state index contributed by atoms with van der Waals surface area (Å²) in [5.74, 6) is 0. The Morgan fingerprint density at radius 2 is 1.12 bits per heavy atom. The van der Waals surface area contributed by atoms with Crippen LogP contribution in [0, 0.1) is 5.41 Å². The first-order valence-electron chi connectivity index (χ1n) is 20.5. The lowest BCUT2D eigenvalue weighted by Gasteiger charge is -2.28. The molecule has 1 heterocycles. The third-order valence-corrected chi connectivity index (χ3v) is 15.1. The predicted octanol–water partition coefficient (Wildman–Crippen LogP) is 15.9. The lowest BCUT2D eigenvalue weighted by atomic mass is 9.80. The van der Waals surface area contributed by atoms with E-state index < -0.39 is 0 Å².